The number of amides is 1. The predicted octanol–water partition coefficient (Wildman–Crippen LogP) is 2.23. The molecule has 0 unspecified atom stereocenters. The topological polar surface area (TPSA) is 63.5 Å². The van der Waals surface area contributed by atoms with Crippen LogP contribution in [-0.4, -0.2) is 22.8 Å². The molecule has 0 bridgehead atoms. The van der Waals surface area contributed by atoms with Crippen LogP contribution in [0.1, 0.15) is 12.5 Å². The van der Waals surface area contributed by atoms with Crippen LogP contribution in [0.3, 0.4) is 0 Å². The number of nitro benzene ring substituents is 1. The smallest absolute Gasteiger partial charge is 0.269 e. The molecule has 5 nitrogen and oxygen atoms in total. The molecule has 0 aliphatic rings. The first-order chi connectivity index (χ1) is 7.41. The molecule has 1 amide bonds. The van der Waals surface area contributed by atoms with Gasteiger partial charge in [-0.15, -0.1) is 0 Å². The second-order valence-corrected chi connectivity index (χ2v) is 3.82. The van der Waals surface area contributed by atoms with Gasteiger partial charge in [-0.1, -0.05) is 11.6 Å². The maximum atomic E-state index is 11.0. The highest BCUT2D eigenvalue weighted by atomic mass is 35.5. The van der Waals surface area contributed by atoms with Gasteiger partial charge in [0.05, 0.1) is 4.92 Å². The fraction of sp³-hybridized carbons (Fsp3) is 0.300. The van der Waals surface area contributed by atoms with Crippen molar-refractivity contribution >= 4 is 23.2 Å². The van der Waals surface area contributed by atoms with Crippen molar-refractivity contribution in [2.75, 3.05) is 7.05 Å². The van der Waals surface area contributed by atoms with Crippen molar-refractivity contribution in [1.82, 2.24) is 4.90 Å². The van der Waals surface area contributed by atoms with Crippen molar-refractivity contribution in [1.29, 1.82) is 0 Å². The summed E-state index contributed by atoms with van der Waals surface area (Å²) in [4.78, 5) is 22.5. The van der Waals surface area contributed by atoms with E-state index in [-0.39, 0.29) is 18.1 Å². The van der Waals surface area contributed by atoms with Crippen LogP contribution in [0.25, 0.3) is 0 Å². The highest BCUT2D eigenvalue weighted by Crippen LogP contribution is 2.23. The number of hydrogen-bond acceptors (Lipinski definition) is 3. The number of nitro groups is 1. The molecule has 0 spiro atoms. The molecule has 0 aliphatic heterocycles. The van der Waals surface area contributed by atoms with E-state index in [9.17, 15) is 14.9 Å². The van der Waals surface area contributed by atoms with Gasteiger partial charge in [0.1, 0.15) is 0 Å². The summed E-state index contributed by atoms with van der Waals surface area (Å²) in [5.41, 5.74) is 0.532. The van der Waals surface area contributed by atoms with Gasteiger partial charge in [0.25, 0.3) is 5.69 Å². The Labute approximate surface area is 97.8 Å². The molecule has 0 fully saturated rings. The molecule has 1 aromatic carbocycles. The molecule has 1 rings (SSSR count). The number of hydrogen-bond donors (Lipinski definition) is 0. The van der Waals surface area contributed by atoms with Gasteiger partial charge < -0.3 is 4.90 Å². The zero-order valence-corrected chi connectivity index (χ0v) is 9.69. The van der Waals surface area contributed by atoms with Gasteiger partial charge in [-0.05, 0) is 11.6 Å². The van der Waals surface area contributed by atoms with E-state index >= 15 is 0 Å². The Morgan fingerprint density at radius 1 is 1.56 bits per heavy atom. The van der Waals surface area contributed by atoms with Crippen LogP contribution in [0.2, 0.25) is 5.02 Å². The summed E-state index contributed by atoms with van der Waals surface area (Å²) in [6.07, 6.45) is 0. The number of benzene rings is 1. The van der Waals surface area contributed by atoms with Crippen molar-refractivity contribution in [3.8, 4) is 0 Å². The average Bonchev–Trinajstić information content (AvgIpc) is 2.20. The van der Waals surface area contributed by atoms with Crippen molar-refractivity contribution in [2.45, 2.75) is 13.5 Å². The predicted molar refractivity (Wildman–Crippen MR) is 60.3 cm³/mol. The molecule has 0 aliphatic carbocycles. The van der Waals surface area contributed by atoms with Gasteiger partial charge >= 0.3 is 0 Å². The fourth-order valence-electron chi connectivity index (χ4n) is 1.16. The first-order valence-corrected chi connectivity index (χ1v) is 4.94. The van der Waals surface area contributed by atoms with E-state index < -0.39 is 4.92 Å². The standard InChI is InChI=1S/C10H11ClN2O3/c1-7(14)12(2)6-8-5-9(13(15)16)3-4-10(8)11/h3-5H,6H2,1-2H3. The molecule has 0 N–H and O–H groups in total. The second-order valence-electron chi connectivity index (χ2n) is 3.41. The zero-order chi connectivity index (χ0) is 12.3. The molecule has 1 aromatic rings. The number of nitrogens with zero attached hydrogens (tertiary/aromatic N) is 2. The summed E-state index contributed by atoms with van der Waals surface area (Å²) in [5, 5.41) is 11.0. The Morgan fingerprint density at radius 2 is 2.19 bits per heavy atom. The summed E-state index contributed by atoms with van der Waals surface area (Å²) >= 11 is 5.89. The van der Waals surface area contributed by atoms with E-state index in [1.807, 2.05) is 0 Å². The van der Waals surface area contributed by atoms with E-state index in [1.165, 1.54) is 30.0 Å². The lowest BCUT2D eigenvalue weighted by molar-refractivity contribution is -0.384. The lowest BCUT2D eigenvalue weighted by atomic mass is 10.2. The largest absolute Gasteiger partial charge is 0.342 e. The van der Waals surface area contributed by atoms with Crippen molar-refractivity contribution in [2.24, 2.45) is 0 Å². The van der Waals surface area contributed by atoms with E-state index in [2.05, 4.69) is 0 Å². The van der Waals surface area contributed by atoms with Crippen LogP contribution in [0.15, 0.2) is 18.2 Å². The monoisotopic (exact) mass is 242 g/mol. The molecular formula is C10H11ClN2O3. The highest BCUT2D eigenvalue weighted by molar-refractivity contribution is 6.31. The molecule has 0 saturated heterocycles. The van der Waals surface area contributed by atoms with Gasteiger partial charge in [0, 0.05) is 37.7 Å². The third-order valence-electron chi connectivity index (χ3n) is 2.19. The lowest BCUT2D eigenvalue weighted by Gasteiger charge is -2.15. The molecule has 16 heavy (non-hydrogen) atoms. The van der Waals surface area contributed by atoms with Crippen molar-refractivity contribution in [3.05, 3.63) is 38.9 Å². The van der Waals surface area contributed by atoms with E-state index in [4.69, 9.17) is 11.6 Å². The molecule has 86 valence electrons. The van der Waals surface area contributed by atoms with Crippen LogP contribution < -0.4 is 0 Å². The van der Waals surface area contributed by atoms with Gasteiger partial charge in [-0.2, -0.15) is 0 Å². The highest BCUT2D eigenvalue weighted by Gasteiger charge is 2.12. The lowest BCUT2D eigenvalue weighted by Crippen LogP contribution is -2.23. The van der Waals surface area contributed by atoms with Gasteiger partial charge in [-0.25, -0.2) is 0 Å². The summed E-state index contributed by atoms with van der Waals surface area (Å²) in [6, 6.07) is 4.17. The second kappa shape index (κ2) is 4.94. The minimum Gasteiger partial charge on any atom is -0.342 e. The minimum absolute atomic E-state index is 0.0312. The number of non-ortho nitro benzene ring substituents is 1. The Morgan fingerprint density at radius 3 is 2.69 bits per heavy atom. The van der Waals surface area contributed by atoms with E-state index in [0.717, 1.165) is 0 Å². The number of carbonyl (C=O) groups is 1. The van der Waals surface area contributed by atoms with Crippen molar-refractivity contribution in [3.63, 3.8) is 0 Å². The molecule has 6 heteroatoms. The molecular weight excluding hydrogens is 232 g/mol. The Hall–Kier alpha value is -1.62. The normalized spacial score (nSPS) is 9.94. The van der Waals surface area contributed by atoms with Crippen LogP contribution in [0.4, 0.5) is 5.69 Å². The first kappa shape index (κ1) is 12.4. The SMILES string of the molecule is CC(=O)N(C)Cc1cc([N+](=O)[O-])ccc1Cl. The molecule has 0 atom stereocenters. The third-order valence-corrected chi connectivity index (χ3v) is 2.55. The molecule has 0 heterocycles. The van der Waals surface area contributed by atoms with Crippen LogP contribution in [0, 0.1) is 10.1 Å². The summed E-state index contributed by atoms with van der Waals surface area (Å²) in [6.45, 7) is 1.68. The molecule has 0 aromatic heterocycles. The van der Waals surface area contributed by atoms with Crippen LogP contribution >= 0.6 is 11.6 Å². The fourth-order valence-corrected chi connectivity index (χ4v) is 1.34. The maximum Gasteiger partial charge on any atom is 0.269 e. The Balaban J connectivity index is 2.98. The van der Waals surface area contributed by atoms with Gasteiger partial charge in [0.2, 0.25) is 5.91 Å². The summed E-state index contributed by atoms with van der Waals surface area (Å²) < 4.78 is 0. The first-order valence-electron chi connectivity index (χ1n) is 4.56. The summed E-state index contributed by atoms with van der Waals surface area (Å²) in [5.74, 6) is -0.123. The van der Waals surface area contributed by atoms with Gasteiger partial charge in [0.15, 0.2) is 0 Å². The van der Waals surface area contributed by atoms with Gasteiger partial charge in [-0.3, -0.25) is 14.9 Å². The average molecular weight is 243 g/mol. The third kappa shape index (κ3) is 2.93. The minimum atomic E-state index is -0.492. The number of rotatable bonds is 3. The summed E-state index contributed by atoms with van der Waals surface area (Å²) in [7, 11) is 1.61. The zero-order valence-electron chi connectivity index (χ0n) is 8.94. The Bertz CT molecular complexity index is 434. The van der Waals surface area contributed by atoms with E-state index in [1.54, 1.807) is 7.05 Å². The number of halogens is 1. The Kier molecular flexibility index (Phi) is 3.84. The maximum absolute atomic E-state index is 11.0. The molecule has 0 saturated carbocycles. The van der Waals surface area contributed by atoms with Crippen LogP contribution in [0.5, 0.6) is 0 Å². The van der Waals surface area contributed by atoms with E-state index in [0.29, 0.717) is 10.6 Å². The van der Waals surface area contributed by atoms with Crippen molar-refractivity contribution < 1.29 is 9.72 Å². The van der Waals surface area contributed by atoms with Crippen LogP contribution in [-0.2, 0) is 11.3 Å². The number of carbonyl (C=O) groups excluding carboxylic acids is 1. The molecule has 0 radical (unpaired) electrons. The quantitative estimate of drug-likeness (QED) is 0.603.